The van der Waals surface area contributed by atoms with Gasteiger partial charge in [-0.1, -0.05) is 13.0 Å². The number of anilines is 1. The van der Waals surface area contributed by atoms with Crippen LogP contribution in [0.3, 0.4) is 0 Å². The number of hydrogen-bond acceptors (Lipinski definition) is 4. The lowest BCUT2D eigenvalue weighted by atomic mass is 10.1. The van der Waals surface area contributed by atoms with E-state index in [1.165, 1.54) is 5.56 Å². The van der Waals surface area contributed by atoms with Crippen LogP contribution in [0.5, 0.6) is 5.75 Å². The highest BCUT2D eigenvalue weighted by molar-refractivity contribution is 5.60. The van der Waals surface area contributed by atoms with E-state index in [1.54, 1.807) is 7.11 Å². The van der Waals surface area contributed by atoms with E-state index in [9.17, 15) is 0 Å². The van der Waals surface area contributed by atoms with E-state index in [1.807, 2.05) is 0 Å². The van der Waals surface area contributed by atoms with Crippen LogP contribution in [0, 0.1) is 0 Å². The van der Waals surface area contributed by atoms with E-state index < -0.39 is 0 Å². The van der Waals surface area contributed by atoms with Crippen molar-refractivity contribution in [3.8, 4) is 5.75 Å². The van der Waals surface area contributed by atoms with E-state index in [2.05, 4.69) is 49.2 Å². The minimum atomic E-state index is 0.255. The molecule has 0 aliphatic carbocycles. The van der Waals surface area contributed by atoms with Gasteiger partial charge in [-0.15, -0.1) is 0 Å². The van der Waals surface area contributed by atoms with Crippen LogP contribution in [0.2, 0.25) is 0 Å². The van der Waals surface area contributed by atoms with E-state index in [0.717, 1.165) is 37.6 Å². The highest BCUT2D eigenvalue weighted by atomic mass is 16.5. The summed E-state index contributed by atoms with van der Waals surface area (Å²) in [6.45, 7) is 10.0. The molecule has 1 fully saturated rings. The summed E-state index contributed by atoms with van der Waals surface area (Å²) in [6.07, 6.45) is 0.509. The molecule has 112 valence electrons. The van der Waals surface area contributed by atoms with Crippen molar-refractivity contribution in [2.75, 3.05) is 31.6 Å². The average molecular weight is 278 g/mol. The van der Waals surface area contributed by atoms with E-state index in [-0.39, 0.29) is 12.2 Å². The molecule has 4 heteroatoms. The molecular formula is C16H26N2O2. The normalized spacial score (nSPS) is 22.9. The molecule has 1 aromatic rings. The molecule has 0 aromatic heterocycles. The van der Waals surface area contributed by atoms with Crippen LogP contribution in [0.15, 0.2) is 18.2 Å². The van der Waals surface area contributed by atoms with Crippen molar-refractivity contribution in [3.05, 3.63) is 23.8 Å². The van der Waals surface area contributed by atoms with Gasteiger partial charge in [-0.3, -0.25) is 0 Å². The lowest BCUT2D eigenvalue weighted by Gasteiger charge is -2.37. The Morgan fingerprint density at radius 2 is 2.00 bits per heavy atom. The number of hydrogen-bond donors (Lipinski definition) is 1. The van der Waals surface area contributed by atoms with Crippen LogP contribution in [-0.4, -0.2) is 39.0 Å². The van der Waals surface area contributed by atoms with Gasteiger partial charge in [0.05, 0.1) is 25.0 Å². The first-order valence-corrected chi connectivity index (χ1v) is 7.42. The number of rotatable bonds is 5. The number of benzene rings is 1. The van der Waals surface area contributed by atoms with E-state index in [0.29, 0.717) is 0 Å². The van der Waals surface area contributed by atoms with Crippen molar-refractivity contribution in [2.45, 2.75) is 39.5 Å². The fourth-order valence-corrected chi connectivity index (χ4v) is 2.74. The Bertz CT molecular complexity index is 426. The lowest BCUT2D eigenvalue weighted by molar-refractivity contribution is -0.00532. The smallest absolute Gasteiger partial charge is 0.142 e. The van der Waals surface area contributed by atoms with Gasteiger partial charge in [0.1, 0.15) is 5.75 Å². The molecule has 0 radical (unpaired) electrons. The molecule has 1 aliphatic rings. The summed E-state index contributed by atoms with van der Waals surface area (Å²) < 4.78 is 11.4. The van der Waals surface area contributed by atoms with Crippen LogP contribution in [0.25, 0.3) is 0 Å². The maximum atomic E-state index is 5.80. The second-order valence-corrected chi connectivity index (χ2v) is 5.45. The fraction of sp³-hybridized carbons (Fsp3) is 0.625. The predicted molar refractivity (Wildman–Crippen MR) is 82.6 cm³/mol. The van der Waals surface area contributed by atoms with E-state index in [4.69, 9.17) is 9.47 Å². The molecule has 2 rings (SSSR count). The maximum absolute atomic E-state index is 5.80. The SMILES string of the molecule is CCNCc1ccc(N2CC(C)OC(C)C2)c(OC)c1. The molecule has 1 N–H and O–H groups in total. The summed E-state index contributed by atoms with van der Waals surface area (Å²) in [5.41, 5.74) is 2.41. The Labute approximate surface area is 122 Å². The summed E-state index contributed by atoms with van der Waals surface area (Å²) in [6, 6.07) is 6.46. The van der Waals surface area contributed by atoms with Crippen molar-refractivity contribution >= 4 is 5.69 Å². The monoisotopic (exact) mass is 278 g/mol. The van der Waals surface area contributed by atoms with Crippen molar-refractivity contribution in [1.82, 2.24) is 5.32 Å². The highest BCUT2D eigenvalue weighted by Crippen LogP contribution is 2.31. The molecule has 1 aromatic carbocycles. The maximum Gasteiger partial charge on any atom is 0.142 e. The summed E-state index contributed by atoms with van der Waals surface area (Å²) in [5, 5.41) is 3.34. The predicted octanol–water partition coefficient (Wildman–Crippen LogP) is 2.42. The van der Waals surface area contributed by atoms with Crippen molar-refractivity contribution < 1.29 is 9.47 Å². The number of ether oxygens (including phenoxy) is 2. The second-order valence-electron chi connectivity index (χ2n) is 5.45. The molecule has 2 unspecified atom stereocenters. The standard InChI is InChI=1S/C16H26N2O2/c1-5-17-9-14-6-7-15(16(8-14)19-4)18-10-12(2)20-13(3)11-18/h6-8,12-13,17H,5,9-11H2,1-4H3. The molecule has 0 spiro atoms. The van der Waals surface area contributed by atoms with Crippen molar-refractivity contribution in [1.29, 1.82) is 0 Å². The molecule has 0 bridgehead atoms. The van der Waals surface area contributed by atoms with Gasteiger partial charge in [-0.05, 0) is 38.1 Å². The largest absolute Gasteiger partial charge is 0.495 e. The van der Waals surface area contributed by atoms with Crippen LogP contribution in [-0.2, 0) is 11.3 Å². The summed E-state index contributed by atoms with van der Waals surface area (Å²) in [7, 11) is 1.74. The number of morpholine rings is 1. The highest BCUT2D eigenvalue weighted by Gasteiger charge is 2.24. The van der Waals surface area contributed by atoms with Gasteiger partial charge in [-0.2, -0.15) is 0 Å². The van der Waals surface area contributed by atoms with Gasteiger partial charge in [0, 0.05) is 19.6 Å². The van der Waals surface area contributed by atoms with Crippen LogP contribution in [0.1, 0.15) is 26.3 Å². The topological polar surface area (TPSA) is 33.7 Å². The molecule has 20 heavy (non-hydrogen) atoms. The van der Waals surface area contributed by atoms with Gasteiger partial charge in [0.25, 0.3) is 0 Å². The summed E-state index contributed by atoms with van der Waals surface area (Å²) in [5.74, 6) is 0.946. The molecule has 1 saturated heterocycles. The lowest BCUT2D eigenvalue weighted by Crippen LogP contribution is -2.45. The summed E-state index contributed by atoms with van der Waals surface area (Å²) in [4.78, 5) is 2.36. The zero-order valence-corrected chi connectivity index (χ0v) is 13.0. The van der Waals surface area contributed by atoms with Crippen molar-refractivity contribution in [2.24, 2.45) is 0 Å². The third-order valence-corrected chi connectivity index (χ3v) is 3.58. The molecule has 0 amide bonds. The van der Waals surface area contributed by atoms with Crippen molar-refractivity contribution in [3.63, 3.8) is 0 Å². The zero-order valence-electron chi connectivity index (χ0n) is 13.0. The Kier molecular flexibility index (Phi) is 5.26. The van der Waals surface area contributed by atoms with Gasteiger partial charge in [0.15, 0.2) is 0 Å². The van der Waals surface area contributed by atoms with Crippen LogP contribution < -0.4 is 15.0 Å². The minimum Gasteiger partial charge on any atom is -0.495 e. The minimum absolute atomic E-state index is 0.255. The second kappa shape index (κ2) is 6.95. The molecule has 2 atom stereocenters. The molecule has 0 saturated carbocycles. The molecular weight excluding hydrogens is 252 g/mol. The van der Waals surface area contributed by atoms with Crippen LogP contribution in [0.4, 0.5) is 5.69 Å². The van der Waals surface area contributed by atoms with Gasteiger partial charge in [0.2, 0.25) is 0 Å². The Hall–Kier alpha value is -1.26. The number of methoxy groups -OCH3 is 1. The van der Waals surface area contributed by atoms with Crippen LogP contribution >= 0.6 is 0 Å². The van der Waals surface area contributed by atoms with Gasteiger partial charge in [-0.25, -0.2) is 0 Å². The Morgan fingerprint density at radius 3 is 2.60 bits per heavy atom. The first-order valence-electron chi connectivity index (χ1n) is 7.42. The first kappa shape index (κ1) is 15.1. The van der Waals surface area contributed by atoms with E-state index >= 15 is 0 Å². The summed E-state index contributed by atoms with van der Waals surface area (Å²) >= 11 is 0. The number of nitrogens with one attached hydrogen (secondary N) is 1. The Balaban J connectivity index is 2.18. The zero-order chi connectivity index (χ0) is 14.5. The molecule has 1 aliphatic heterocycles. The first-order chi connectivity index (χ1) is 9.63. The van der Waals surface area contributed by atoms with Gasteiger partial charge >= 0.3 is 0 Å². The number of nitrogens with zero attached hydrogens (tertiary/aromatic N) is 1. The third kappa shape index (κ3) is 3.64. The quantitative estimate of drug-likeness (QED) is 0.897. The fourth-order valence-electron chi connectivity index (χ4n) is 2.74. The Morgan fingerprint density at radius 1 is 1.30 bits per heavy atom. The average Bonchev–Trinajstić information content (AvgIpc) is 2.43. The molecule has 4 nitrogen and oxygen atoms in total. The third-order valence-electron chi connectivity index (χ3n) is 3.58. The van der Waals surface area contributed by atoms with Gasteiger partial charge < -0.3 is 19.7 Å². The molecule has 1 heterocycles.